The number of fused-ring (bicyclic) bond motifs is 7. The van der Waals surface area contributed by atoms with Gasteiger partial charge in [0.1, 0.15) is 6.20 Å². The van der Waals surface area contributed by atoms with E-state index in [9.17, 15) is 0 Å². The van der Waals surface area contributed by atoms with Gasteiger partial charge in [0, 0.05) is 24.4 Å². The third kappa shape index (κ3) is 1.38. The summed E-state index contributed by atoms with van der Waals surface area (Å²) in [5, 5.41) is 2.44. The summed E-state index contributed by atoms with van der Waals surface area (Å²) in [6.45, 7) is 2.24. The molecule has 5 rings (SSSR count). The predicted molar refractivity (Wildman–Crippen MR) is 85.2 cm³/mol. The van der Waals surface area contributed by atoms with Crippen molar-refractivity contribution < 1.29 is 9.13 Å². The van der Waals surface area contributed by atoms with E-state index in [4.69, 9.17) is 0 Å². The van der Waals surface area contributed by atoms with Crippen molar-refractivity contribution in [3.63, 3.8) is 0 Å². The van der Waals surface area contributed by atoms with Crippen molar-refractivity contribution in [1.29, 1.82) is 0 Å². The van der Waals surface area contributed by atoms with E-state index in [1.165, 1.54) is 27.7 Å². The summed E-state index contributed by atoms with van der Waals surface area (Å²) >= 11 is 0. The largest absolute Gasteiger partial charge is 0.336 e. The van der Waals surface area contributed by atoms with Crippen molar-refractivity contribution in [3.8, 4) is 11.4 Å². The van der Waals surface area contributed by atoms with Crippen LogP contribution < -0.4 is 9.13 Å². The third-order valence-corrected chi connectivity index (χ3v) is 4.61. The number of hydrogen-bond acceptors (Lipinski definition) is 1. The lowest BCUT2D eigenvalue weighted by Gasteiger charge is -2.03. The Kier molecular flexibility index (Phi) is 2.20. The Hall–Kier alpha value is -2.81. The fourth-order valence-corrected chi connectivity index (χ4v) is 3.64. The van der Waals surface area contributed by atoms with Gasteiger partial charge in [0.25, 0.3) is 11.9 Å². The first-order valence-corrected chi connectivity index (χ1v) is 7.57. The number of nitrogens with zero attached hydrogens (tertiary/aromatic N) is 3. The molecule has 1 unspecified atom stereocenters. The number of pyridine rings is 3. The van der Waals surface area contributed by atoms with Gasteiger partial charge in [-0.2, -0.15) is 4.57 Å². The highest BCUT2D eigenvalue weighted by atomic mass is 15.3. The zero-order valence-electron chi connectivity index (χ0n) is 12.3. The lowest BCUT2D eigenvalue weighted by Crippen LogP contribution is -2.51. The minimum absolute atomic E-state index is 0.217. The third-order valence-electron chi connectivity index (χ3n) is 4.61. The van der Waals surface area contributed by atoms with Gasteiger partial charge in [-0.15, -0.1) is 4.57 Å². The second-order valence-corrected chi connectivity index (χ2v) is 5.78. The normalized spacial score (nSPS) is 16.0. The van der Waals surface area contributed by atoms with Crippen LogP contribution in [0.15, 0.2) is 66.9 Å². The Morgan fingerprint density at radius 3 is 2.41 bits per heavy atom. The van der Waals surface area contributed by atoms with Gasteiger partial charge in [-0.05, 0) is 41.4 Å². The van der Waals surface area contributed by atoms with Gasteiger partial charge in [0.15, 0.2) is 0 Å². The van der Waals surface area contributed by atoms with E-state index in [1.54, 1.807) is 0 Å². The van der Waals surface area contributed by atoms with Gasteiger partial charge in [-0.1, -0.05) is 12.1 Å². The highest BCUT2D eigenvalue weighted by Gasteiger charge is 2.40. The second kappa shape index (κ2) is 4.10. The van der Waals surface area contributed by atoms with Crippen molar-refractivity contribution in [3.05, 3.63) is 66.9 Å². The van der Waals surface area contributed by atoms with Crippen LogP contribution in [0.2, 0.25) is 0 Å². The highest BCUT2D eigenvalue weighted by Crippen LogP contribution is 2.26. The van der Waals surface area contributed by atoms with Crippen LogP contribution in [0.4, 0.5) is 0 Å². The first kappa shape index (κ1) is 11.8. The zero-order chi connectivity index (χ0) is 14.7. The molecule has 4 aromatic rings. The van der Waals surface area contributed by atoms with Crippen molar-refractivity contribution in [2.45, 2.75) is 13.1 Å². The molecule has 3 aromatic heterocycles. The molecular weight excluding hydrogens is 270 g/mol. The second-order valence-electron chi connectivity index (χ2n) is 5.78. The molecule has 1 aromatic carbocycles. The molecule has 22 heavy (non-hydrogen) atoms. The first-order chi connectivity index (χ1) is 10.8. The lowest BCUT2D eigenvalue weighted by molar-refractivity contribution is -0.884. The van der Waals surface area contributed by atoms with Crippen molar-refractivity contribution in [2.75, 3.05) is 0 Å². The van der Waals surface area contributed by atoms with Crippen LogP contribution in [0.1, 0.15) is 13.1 Å². The molecule has 3 nitrogen and oxygen atoms in total. The average Bonchev–Trinajstić information content (AvgIpc) is 2.88. The molecule has 0 fully saturated rings. The summed E-state index contributed by atoms with van der Waals surface area (Å²) in [6, 6.07) is 21.4. The summed E-state index contributed by atoms with van der Waals surface area (Å²) < 4.78 is 4.73. The van der Waals surface area contributed by atoms with Gasteiger partial charge < -0.3 is 0 Å². The molecule has 0 saturated heterocycles. The summed E-state index contributed by atoms with van der Waals surface area (Å²) in [5.74, 6) is 0. The number of benzene rings is 1. The van der Waals surface area contributed by atoms with Crippen LogP contribution in [-0.2, 0) is 0 Å². The maximum Gasteiger partial charge on any atom is 0.336 e. The Morgan fingerprint density at radius 1 is 0.773 bits per heavy atom. The molecule has 0 N–H and O–H groups in total. The number of rotatable bonds is 0. The summed E-state index contributed by atoms with van der Waals surface area (Å²) in [5.41, 5.74) is 4.78. The molecule has 0 aliphatic carbocycles. The molecule has 0 amide bonds. The predicted octanol–water partition coefficient (Wildman–Crippen LogP) is 3.01. The minimum Gasteiger partial charge on any atom is -0.156 e. The quantitative estimate of drug-likeness (QED) is 0.455. The van der Waals surface area contributed by atoms with E-state index < -0.39 is 0 Å². The molecule has 1 aliphatic rings. The average molecular weight is 285 g/mol. The van der Waals surface area contributed by atoms with Gasteiger partial charge in [0.05, 0.1) is 5.39 Å². The monoisotopic (exact) mass is 285 g/mol. The van der Waals surface area contributed by atoms with Crippen LogP contribution in [0.5, 0.6) is 0 Å². The van der Waals surface area contributed by atoms with E-state index in [2.05, 4.69) is 75.6 Å². The van der Waals surface area contributed by atoms with Crippen LogP contribution in [0, 0.1) is 0 Å². The van der Waals surface area contributed by atoms with Crippen molar-refractivity contribution in [2.24, 2.45) is 0 Å². The first-order valence-electron chi connectivity index (χ1n) is 7.57. The fraction of sp³-hybridized carbons (Fsp3) is 0.105. The topological polar surface area (TPSA) is 20.6 Å². The van der Waals surface area contributed by atoms with Gasteiger partial charge in [0.2, 0.25) is 11.2 Å². The maximum atomic E-state index is 4.62. The van der Waals surface area contributed by atoms with E-state index in [0.29, 0.717) is 0 Å². The molecule has 104 valence electrons. The summed E-state index contributed by atoms with van der Waals surface area (Å²) in [6.07, 6.45) is 2.09. The summed E-state index contributed by atoms with van der Waals surface area (Å²) in [4.78, 5) is 4.62. The van der Waals surface area contributed by atoms with Crippen molar-refractivity contribution >= 4 is 21.9 Å². The zero-order valence-corrected chi connectivity index (χ0v) is 12.3. The van der Waals surface area contributed by atoms with Gasteiger partial charge in [-0.25, -0.2) is 0 Å². The summed E-state index contributed by atoms with van der Waals surface area (Å²) in [7, 11) is 0. The van der Waals surface area contributed by atoms with Gasteiger partial charge >= 0.3 is 5.65 Å². The van der Waals surface area contributed by atoms with Crippen molar-refractivity contribution in [1.82, 2.24) is 4.98 Å². The Labute approximate surface area is 128 Å². The van der Waals surface area contributed by atoms with Crippen LogP contribution >= 0.6 is 0 Å². The Morgan fingerprint density at radius 2 is 1.50 bits per heavy atom. The molecule has 1 atom stereocenters. The lowest BCUT2D eigenvalue weighted by atomic mass is 10.1. The molecule has 1 aliphatic heterocycles. The van der Waals surface area contributed by atoms with Gasteiger partial charge in [-0.3, -0.25) is 0 Å². The van der Waals surface area contributed by atoms with Crippen LogP contribution in [0.25, 0.3) is 33.3 Å². The fourth-order valence-electron chi connectivity index (χ4n) is 3.64. The highest BCUT2D eigenvalue weighted by molar-refractivity contribution is 5.78. The molecule has 4 heterocycles. The molecular formula is C19H15N3+2. The SMILES string of the molecule is CC1[n+]2c(ccc3ccccc32)-c2ccc3cccnc3[n+]21. The molecule has 0 spiro atoms. The number of hydrogen-bond donors (Lipinski definition) is 0. The molecule has 0 saturated carbocycles. The number of para-hydroxylation sites is 1. The van der Waals surface area contributed by atoms with E-state index in [-0.39, 0.29) is 6.17 Å². The maximum absolute atomic E-state index is 4.62. The molecule has 0 bridgehead atoms. The minimum atomic E-state index is 0.217. The number of aromatic nitrogens is 3. The standard InChI is InChI=1S/C19H15N3/c1-13-21-16-7-3-2-5-14(16)8-10-17(21)18-11-9-15-6-4-12-20-19(15)22(13)18/h2-13H,1H3/q+2. The van der Waals surface area contributed by atoms with Crippen LogP contribution in [0.3, 0.4) is 0 Å². The molecule has 3 heteroatoms. The molecule has 0 radical (unpaired) electrons. The van der Waals surface area contributed by atoms with Crippen LogP contribution in [-0.4, -0.2) is 4.98 Å². The Bertz CT molecular complexity index is 968. The smallest absolute Gasteiger partial charge is 0.156 e. The van der Waals surface area contributed by atoms with E-state index >= 15 is 0 Å². The van der Waals surface area contributed by atoms with E-state index in [0.717, 1.165) is 5.65 Å². The van der Waals surface area contributed by atoms with E-state index in [1.807, 2.05) is 12.3 Å². The Balaban J connectivity index is 1.93.